The van der Waals surface area contributed by atoms with E-state index in [2.05, 4.69) is 4.98 Å². The van der Waals surface area contributed by atoms with Gasteiger partial charge in [-0.1, -0.05) is 12.1 Å². The maximum atomic E-state index is 13.7. The number of nitrogens with zero attached hydrogens (tertiary/aromatic N) is 3. The summed E-state index contributed by atoms with van der Waals surface area (Å²) in [5.41, 5.74) is 8.86. The van der Waals surface area contributed by atoms with Crippen molar-refractivity contribution >= 4 is 17.2 Å². The molecule has 20 heavy (non-hydrogen) atoms. The Labute approximate surface area is 116 Å². The second-order valence-electron chi connectivity index (χ2n) is 4.84. The Morgan fingerprint density at radius 1 is 1.15 bits per heavy atom. The molecule has 0 saturated carbocycles. The van der Waals surface area contributed by atoms with E-state index >= 15 is 0 Å². The van der Waals surface area contributed by atoms with Crippen LogP contribution in [0.25, 0.3) is 16.9 Å². The van der Waals surface area contributed by atoms with Crippen LogP contribution in [0.15, 0.2) is 42.6 Å². The Kier molecular flexibility index (Phi) is 2.82. The summed E-state index contributed by atoms with van der Waals surface area (Å²) in [7, 11) is 3.95. The highest BCUT2D eigenvalue weighted by atomic mass is 19.1. The van der Waals surface area contributed by atoms with Gasteiger partial charge in [-0.15, -0.1) is 0 Å². The zero-order chi connectivity index (χ0) is 14.3. The number of hydrogen-bond acceptors (Lipinski definition) is 3. The number of benzene rings is 1. The molecule has 2 heterocycles. The number of nitrogens with two attached hydrogens (primary N) is 1. The van der Waals surface area contributed by atoms with Gasteiger partial charge in [-0.2, -0.15) is 0 Å². The lowest BCUT2D eigenvalue weighted by Crippen LogP contribution is -2.07. The number of anilines is 2. The van der Waals surface area contributed by atoms with E-state index in [1.807, 2.05) is 43.3 Å². The molecule has 0 spiro atoms. The number of imidazole rings is 1. The third-order valence-electron chi connectivity index (χ3n) is 3.30. The first-order valence-electron chi connectivity index (χ1n) is 6.28. The molecule has 2 aromatic heterocycles. The van der Waals surface area contributed by atoms with Gasteiger partial charge in [0.05, 0.1) is 0 Å². The topological polar surface area (TPSA) is 46.6 Å². The van der Waals surface area contributed by atoms with E-state index in [1.165, 1.54) is 6.07 Å². The molecule has 0 saturated heterocycles. The summed E-state index contributed by atoms with van der Waals surface area (Å²) in [6.07, 6.45) is 1.71. The standard InChI is InChI=1S/C15H15FN4/c1-19(2)11-7-5-10(6-8-11)13-14(17)20-9-3-4-12(16)15(20)18-13/h3-9H,17H2,1-2H3. The molecule has 0 unspecified atom stereocenters. The van der Waals surface area contributed by atoms with Crippen LogP contribution in [0.1, 0.15) is 0 Å². The maximum absolute atomic E-state index is 13.7. The fourth-order valence-electron chi connectivity index (χ4n) is 2.18. The Balaban J connectivity index is 2.14. The van der Waals surface area contributed by atoms with E-state index in [0.29, 0.717) is 11.5 Å². The van der Waals surface area contributed by atoms with Crippen molar-refractivity contribution in [2.45, 2.75) is 0 Å². The number of pyridine rings is 1. The van der Waals surface area contributed by atoms with Gasteiger partial charge in [0.1, 0.15) is 11.5 Å². The van der Waals surface area contributed by atoms with Crippen LogP contribution >= 0.6 is 0 Å². The maximum Gasteiger partial charge on any atom is 0.175 e. The average Bonchev–Trinajstić information content (AvgIpc) is 2.78. The first kappa shape index (κ1) is 12.5. The molecule has 3 rings (SSSR count). The van der Waals surface area contributed by atoms with Crippen LogP contribution in [0.5, 0.6) is 0 Å². The number of fused-ring (bicyclic) bond motifs is 1. The van der Waals surface area contributed by atoms with E-state index in [1.54, 1.807) is 16.7 Å². The summed E-state index contributed by atoms with van der Waals surface area (Å²) in [5.74, 6) is 0.0625. The molecule has 102 valence electrons. The lowest BCUT2D eigenvalue weighted by atomic mass is 10.1. The highest BCUT2D eigenvalue weighted by Crippen LogP contribution is 2.28. The van der Waals surface area contributed by atoms with Crippen LogP contribution in [-0.2, 0) is 0 Å². The van der Waals surface area contributed by atoms with Crippen molar-refractivity contribution in [1.29, 1.82) is 0 Å². The van der Waals surface area contributed by atoms with Gasteiger partial charge in [-0.05, 0) is 24.3 Å². The number of halogens is 1. The summed E-state index contributed by atoms with van der Waals surface area (Å²) >= 11 is 0. The van der Waals surface area contributed by atoms with Gasteiger partial charge in [0.2, 0.25) is 0 Å². The summed E-state index contributed by atoms with van der Waals surface area (Å²) in [4.78, 5) is 6.32. The molecule has 0 aliphatic carbocycles. The Bertz CT molecular complexity index is 759. The smallest absolute Gasteiger partial charge is 0.175 e. The molecule has 0 aliphatic rings. The van der Waals surface area contributed by atoms with Crippen molar-refractivity contribution in [3.8, 4) is 11.3 Å². The highest BCUT2D eigenvalue weighted by molar-refractivity contribution is 5.76. The predicted molar refractivity (Wildman–Crippen MR) is 79.3 cm³/mol. The molecule has 4 nitrogen and oxygen atoms in total. The van der Waals surface area contributed by atoms with Gasteiger partial charge < -0.3 is 10.6 Å². The van der Waals surface area contributed by atoms with Crippen molar-refractivity contribution in [1.82, 2.24) is 9.38 Å². The molecule has 0 amide bonds. The zero-order valence-electron chi connectivity index (χ0n) is 11.3. The van der Waals surface area contributed by atoms with Crippen molar-refractivity contribution in [3.05, 3.63) is 48.4 Å². The van der Waals surface area contributed by atoms with Crippen LogP contribution in [0.4, 0.5) is 15.9 Å². The number of hydrogen-bond donors (Lipinski definition) is 1. The number of aromatic nitrogens is 2. The van der Waals surface area contributed by atoms with Crippen molar-refractivity contribution < 1.29 is 4.39 Å². The minimum absolute atomic E-state index is 0.247. The minimum Gasteiger partial charge on any atom is -0.383 e. The van der Waals surface area contributed by atoms with Gasteiger partial charge in [-0.3, -0.25) is 4.40 Å². The van der Waals surface area contributed by atoms with E-state index in [4.69, 9.17) is 5.73 Å². The average molecular weight is 270 g/mol. The third kappa shape index (κ3) is 1.87. The predicted octanol–water partition coefficient (Wildman–Crippen LogP) is 2.79. The third-order valence-corrected chi connectivity index (χ3v) is 3.30. The number of rotatable bonds is 2. The first-order valence-corrected chi connectivity index (χ1v) is 6.28. The molecular weight excluding hydrogens is 255 g/mol. The zero-order valence-corrected chi connectivity index (χ0v) is 11.3. The molecule has 0 bridgehead atoms. The molecule has 3 aromatic rings. The molecular formula is C15H15FN4. The minimum atomic E-state index is -0.379. The van der Waals surface area contributed by atoms with Gasteiger partial charge in [0, 0.05) is 31.5 Å². The van der Waals surface area contributed by atoms with Crippen LogP contribution in [0, 0.1) is 5.82 Å². The summed E-state index contributed by atoms with van der Waals surface area (Å²) in [5, 5.41) is 0. The number of nitrogen functional groups attached to an aromatic ring is 1. The normalized spacial score (nSPS) is 10.9. The molecule has 0 aliphatic heterocycles. The summed E-state index contributed by atoms with van der Waals surface area (Å²) in [6.45, 7) is 0. The van der Waals surface area contributed by atoms with Gasteiger partial charge >= 0.3 is 0 Å². The van der Waals surface area contributed by atoms with Crippen molar-refractivity contribution in [2.24, 2.45) is 0 Å². The van der Waals surface area contributed by atoms with Crippen LogP contribution in [0.3, 0.4) is 0 Å². The lowest BCUT2D eigenvalue weighted by Gasteiger charge is -2.12. The van der Waals surface area contributed by atoms with E-state index in [9.17, 15) is 4.39 Å². The highest BCUT2D eigenvalue weighted by Gasteiger charge is 2.13. The molecule has 1 aromatic carbocycles. The van der Waals surface area contributed by atoms with E-state index < -0.39 is 0 Å². The molecule has 0 fully saturated rings. The molecule has 0 atom stereocenters. The van der Waals surface area contributed by atoms with Crippen LogP contribution in [-0.4, -0.2) is 23.5 Å². The second-order valence-corrected chi connectivity index (χ2v) is 4.84. The Morgan fingerprint density at radius 3 is 2.45 bits per heavy atom. The van der Waals surface area contributed by atoms with Crippen molar-refractivity contribution in [2.75, 3.05) is 24.7 Å². The Hall–Kier alpha value is -2.56. The monoisotopic (exact) mass is 270 g/mol. The van der Waals surface area contributed by atoms with E-state index in [0.717, 1.165) is 11.3 Å². The fraction of sp³-hybridized carbons (Fsp3) is 0.133. The van der Waals surface area contributed by atoms with Crippen molar-refractivity contribution in [3.63, 3.8) is 0 Å². The van der Waals surface area contributed by atoms with Crippen LogP contribution < -0.4 is 10.6 Å². The Morgan fingerprint density at radius 2 is 1.85 bits per heavy atom. The SMILES string of the molecule is CN(C)c1ccc(-c2nc3c(F)cccn3c2N)cc1. The molecule has 5 heteroatoms. The summed E-state index contributed by atoms with van der Waals surface area (Å²) in [6, 6.07) is 10.8. The van der Waals surface area contributed by atoms with E-state index in [-0.39, 0.29) is 11.5 Å². The van der Waals surface area contributed by atoms with Gasteiger partial charge in [0.15, 0.2) is 11.5 Å². The first-order chi connectivity index (χ1) is 9.58. The lowest BCUT2D eigenvalue weighted by molar-refractivity contribution is 0.630. The quantitative estimate of drug-likeness (QED) is 0.779. The second kappa shape index (κ2) is 4.52. The van der Waals surface area contributed by atoms with Gasteiger partial charge in [-0.25, -0.2) is 9.37 Å². The van der Waals surface area contributed by atoms with Gasteiger partial charge in [0.25, 0.3) is 0 Å². The molecule has 2 N–H and O–H groups in total. The fourth-order valence-corrected chi connectivity index (χ4v) is 2.18. The largest absolute Gasteiger partial charge is 0.383 e. The molecule has 0 radical (unpaired) electrons. The summed E-state index contributed by atoms with van der Waals surface area (Å²) < 4.78 is 15.3. The van der Waals surface area contributed by atoms with Crippen LogP contribution in [0.2, 0.25) is 0 Å².